The van der Waals surface area contributed by atoms with E-state index in [4.69, 9.17) is 16.3 Å². The van der Waals surface area contributed by atoms with Gasteiger partial charge in [-0.15, -0.1) is 0 Å². The fraction of sp³-hybridized carbons (Fsp3) is 0.500. The van der Waals surface area contributed by atoms with E-state index in [1.165, 1.54) is 0 Å². The van der Waals surface area contributed by atoms with Crippen LogP contribution in [0, 0.1) is 0 Å². The van der Waals surface area contributed by atoms with Crippen LogP contribution in [0.4, 0.5) is 0 Å². The van der Waals surface area contributed by atoms with Gasteiger partial charge in [0.25, 0.3) is 11.8 Å². The molecule has 1 heterocycles. The molecule has 0 unspecified atom stereocenters. The summed E-state index contributed by atoms with van der Waals surface area (Å²) in [5, 5.41) is 2.98. The number of amides is 2. The van der Waals surface area contributed by atoms with Crippen molar-refractivity contribution in [3.8, 4) is 0 Å². The molecule has 1 aromatic rings. The van der Waals surface area contributed by atoms with Gasteiger partial charge in [-0.2, -0.15) is 0 Å². The maximum absolute atomic E-state index is 12.3. The van der Waals surface area contributed by atoms with Gasteiger partial charge in [-0.1, -0.05) is 11.6 Å². The van der Waals surface area contributed by atoms with Crippen molar-refractivity contribution in [2.24, 2.45) is 0 Å². The predicted molar refractivity (Wildman–Crippen MR) is 94.4 cm³/mol. The van der Waals surface area contributed by atoms with Gasteiger partial charge in [0.2, 0.25) is 0 Å². The van der Waals surface area contributed by atoms with E-state index in [1.54, 1.807) is 29.2 Å². The van der Waals surface area contributed by atoms with Crippen LogP contribution in [0.3, 0.4) is 0 Å². The van der Waals surface area contributed by atoms with Gasteiger partial charge in [-0.25, -0.2) is 0 Å². The number of piperidine rings is 1. The highest BCUT2D eigenvalue weighted by atomic mass is 35.5. The maximum atomic E-state index is 12.3. The minimum atomic E-state index is -0.645. The number of nitrogens with one attached hydrogen (secondary N) is 1. The SMILES string of the molecule is C[C@@H]1CCC[C@@H](C)N1C(=O)COC(=O)CNC(=O)c1ccc(Cl)cc1. The molecule has 6 nitrogen and oxygen atoms in total. The Hall–Kier alpha value is -2.08. The summed E-state index contributed by atoms with van der Waals surface area (Å²) in [6.07, 6.45) is 3.02. The highest BCUT2D eigenvalue weighted by molar-refractivity contribution is 6.30. The normalized spacial score (nSPS) is 20.0. The second kappa shape index (κ2) is 8.85. The van der Waals surface area contributed by atoms with Crippen LogP contribution >= 0.6 is 11.6 Å². The largest absolute Gasteiger partial charge is 0.454 e. The minimum Gasteiger partial charge on any atom is -0.454 e. The molecule has 1 aliphatic rings. The molecule has 2 atom stereocenters. The van der Waals surface area contributed by atoms with Crippen molar-refractivity contribution < 1.29 is 19.1 Å². The second-order valence-corrected chi connectivity index (χ2v) is 6.72. The van der Waals surface area contributed by atoms with E-state index in [0.717, 1.165) is 19.3 Å². The van der Waals surface area contributed by atoms with E-state index in [2.05, 4.69) is 5.32 Å². The summed E-state index contributed by atoms with van der Waals surface area (Å²) < 4.78 is 4.99. The molecule has 7 heteroatoms. The van der Waals surface area contributed by atoms with Crippen molar-refractivity contribution in [3.05, 3.63) is 34.9 Å². The summed E-state index contributed by atoms with van der Waals surface area (Å²) in [4.78, 5) is 37.7. The molecular weight excluding hydrogens is 344 g/mol. The first-order valence-electron chi connectivity index (χ1n) is 8.39. The van der Waals surface area contributed by atoms with E-state index in [-0.39, 0.29) is 31.1 Å². The first-order valence-corrected chi connectivity index (χ1v) is 8.77. The maximum Gasteiger partial charge on any atom is 0.325 e. The van der Waals surface area contributed by atoms with Gasteiger partial charge in [0.15, 0.2) is 6.61 Å². The monoisotopic (exact) mass is 366 g/mol. The number of carbonyl (C=O) groups excluding carboxylic acids is 3. The van der Waals surface area contributed by atoms with E-state index in [9.17, 15) is 14.4 Å². The lowest BCUT2D eigenvalue weighted by Gasteiger charge is -2.38. The van der Waals surface area contributed by atoms with Gasteiger partial charge >= 0.3 is 5.97 Å². The number of ether oxygens (including phenoxy) is 1. The zero-order chi connectivity index (χ0) is 18.4. The number of carbonyl (C=O) groups is 3. The Morgan fingerprint density at radius 2 is 1.76 bits per heavy atom. The Morgan fingerprint density at radius 3 is 2.36 bits per heavy atom. The Labute approximate surface area is 152 Å². The molecule has 0 aromatic heterocycles. The summed E-state index contributed by atoms with van der Waals surface area (Å²) >= 11 is 5.76. The van der Waals surface area contributed by atoms with Crippen LogP contribution < -0.4 is 5.32 Å². The molecule has 1 saturated heterocycles. The summed E-state index contributed by atoms with van der Waals surface area (Å²) in [5.41, 5.74) is 0.393. The van der Waals surface area contributed by atoms with Crippen LogP contribution in [0.15, 0.2) is 24.3 Å². The molecule has 25 heavy (non-hydrogen) atoms. The molecule has 1 aliphatic heterocycles. The standard InChI is InChI=1S/C18H23ClN2O4/c1-12-4-3-5-13(2)21(12)16(22)11-25-17(23)10-20-18(24)14-6-8-15(19)9-7-14/h6-9,12-13H,3-5,10-11H2,1-2H3,(H,20,24)/t12-,13-/m1/s1. The topological polar surface area (TPSA) is 75.7 Å². The van der Waals surface area contributed by atoms with Crippen LogP contribution in [-0.2, 0) is 14.3 Å². The molecule has 1 N–H and O–H groups in total. The van der Waals surface area contributed by atoms with Gasteiger partial charge in [0.1, 0.15) is 6.54 Å². The van der Waals surface area contributed by atoms with Crippen molar-refractivity contribution in [3.63, 3.8) is 0 Å². The number of likely N-dealkylation sites (tertiary alicyclic amines) is 1. The third-order valence-corrected chi connectivity index (χ3v) is 4.59. The van der Waals surface area contributed by atoms with Gasteiger partial charge in [-0.3, -0.25) is 14.4 Å². The van der Waals surface area contributed by atoms with E-state index in [1.807, 2.05) is 13.8 Å². The predicted octanol–water partition coefficient (Wildman–Crippen LogP) is 2.40. The minimum absolute atomic E-state index is 0.152. The van der Waals surface area contributed by atoms with Crippen LogP contribution in [-0.4, -0.2) is 47.9 Å². The van der Waals surface area contributed by atoms with Crippen molar-refractivity contribution >= 4 is 29.4 Å². The lowest BCUT2D eigenvalue weighted by atomic mass is 9.97. The van der Waals surface area contributed by atoms with Crippen molar-refractivity contribution in [1.29, 1.82) is 0 Å². The molecule has 0 bridgehead atoms. The molecule has 1 aromatic carbocycles. The Bertz CT molecular complexity index is 622. The molecule has 0 spiro atoms. The van der Waals surface area contributed by atoms with Crippen LogP contribution in [0.2, 0.25) is 5.02 Å². The second-order valence-electron chi connectivity index (χ2n) is 6.28. The summed E-state index contributed by atoms with van der Waals surface area (Å²) in [6, 6.07) is 6.61. The van der Waals surface area contributed by atoms with Gasteiger partial charge in [0, 0.05) is 22.7 Å². The van der Waals surface area contributed by atoms with Gasteiger partial charge in [0.05, 0.1) is 0 Å². The molecule has 0 saturated carbocycles. The Kier molecular flexibility index (Phi) is 6.82. The van der Waals surface area contributed by atoms with E-state index >= 15 is 0 Å². The first kappa shape index (κ1) is 19.2. The van der Waals surface area contributed by atoms with Crippen molar-refractivity contribution in [2.75, 3.05) is 13.2 Å². The van der Waals surface area contributed by atoms with Crippen LogP contribution in [0.1, 0.15) is 43.5 Å². The van der Waals surface area contributed by atoms with E-state index < -0.39 is 11.9 Å². The van der Waals surface area contributed by atoms with Crippen molar-refractivity contribution in [2.45, 2.75) is 45.2 Å². The fourth-order valence-corrected chi connectivity index (χ4v) is 3.16. The fourth-order valence-electron chi connectivity index (χ4n) is 3.04. The van der Waals surface area contributed by atoms with Crippen LogP contribution in [0.5, 0.6) is 0 Å². The zero-order valence-corrected chi connectivity index (χ0v) is 15.2. The molecule has 0 radical (unpaired) electrons. The number of rotatable bonds is 5. The quantitative estimate of drug-likeness (QED) is 0.812. The average Bonchev–Trinajstić information content (AvgIpc) is 2.58. The summed E-state index contributed by atoms with van der Waals surface area (Å²) in [6.45, 7) is 3.41. The highest BCUT2D eigenvalue weighted by Crippen LogP contribution is 2.22. The lowest BCUT2D eigenvalue weighted by Crippen LogP contribution is -2.49. The zero-order valence-electron chi connectivity index (χ0n) is 14.5. The number of benzene rings is 1. The Morgan fingerprint density at radius 1 is 1.16 bits per heavy atom. The molecule has 2 rings (SSSR count). The third-order valence-electron chi connectivity index (χ3n) is 4.34. The molecule has 0 aliphatic carbocycles. The first-order chi connectivity index (χ1) is 11.9. The number of nitrogens with zero attached hydrogens (tertiary/aromatic N) is 1. The number of hydrogen-bond donors (Lipinski definition) is 1. The summed E-state index contributed by atoms with van der Waals surface area (Å²) in [5.74, 6) is -1.25. The smallest absolute Gasteiger partial charge is 0.325 e. The van der Waals surface area contributed by atoms with E-state index in [0.29, 0.717) is 10.6 Å². The number of esters is 1. The number of hydrogen-bond acceptors (Lipinski definition) is 4. The molecular formula is C18H23ClN2O4. The van der Waals surface area contributed by atoms with Crippen LogP contribution in [0.25, 0.3) is 0 Å². The third kappa shape index (κ3) is 5.46. The van der Waals surface area contributed by atoms with Gasteiger partial charge < -0.3 is 15.0 Å². The van der Waals surface area contributed by atoms with Crippen molar-refractivity contribution in [1.82, 2.24) is 10.2 Å². The number of halogens is 1. The Balaban J connectivity index is 1.75. The lowest BCUT2D eigenvalue weighted by molar-refractivity contribution is -0.154. The van der Waals surface area contributed by atoms with Gasteiger partial charge in [-0.05, 0) is 57.4 Å². The molecule has 2 amide bonds. The molecule has 1 fully saturated rings. The molecule has 136 valence electrons. The summed E-state index contributed by atoms with van der Waals surface area (Å²) in [7, 11) is 0. The average molecular weight is 367 g/mol. The highest BCUT2D eigenvalue weighted by Gasteiger charge is 2.29.